The van der Waals surface area contributed by atoms with Crippen LogP contribution in [0.5, 0.6) is 5.75 Å². The van der Waals surface area contributed by atoms with Crippen LogP contribution in [0.2, 0.25) is 0 Å². The third-order valence-electron chi connectivity index (χ3n) is 5.41. The first kappa shape index (κ1) is 32.6. The van der Waals surface area contributed by atoms with Crippen molar-refractivity contribution >= 4 is 35.6 Å². The maximum Gasteiger partial charge on any atom is 0.326 e. The molecule has 0 aliphatic rings. The van der Waals surface area contributed by atoms with Crippen LogP contribution in [0.1, 0.15) is 31.2 Å². The summed E-state index contributed by atoms with van der Waals surface area (Å²) in [6.07, 6.45) is -0.436. The molecule has 1 aromatic rings. The van der Waals surface area contributed by atoms with Gasteiger partial charge in [0.2, 0.25) is 23.6 Å². The molecule has 16 nitrogen and oxygen atoms in total. The van der Waals surface area contributed by atoms with E-state index in [4.69, 9.17) is 28.0 Å². The Kier molecular flexibility index (Phi) is 13.7. The highest BCUT2D eigenvalue weighted by molar-refractivity contribution is 5.94. The van der Waals surface area contributed by atoms with E-state index in [0.29, 0.717) is 5.56 Å². The predicted molar refractivity (Wildman–Crippen MR) is 139 cm³/mol. The summed E-state index contributed by atoms with van der Waals surface area (Å²) < 4.78 is 0. The van der Waals surface area contributed by atoms with E-state index in [0.717, 1.165) is 0 Å². The van der Waals surface area contributed by atoms with Crippen molar-refractivity contribution < 1.29 is 39.3 Å². The lowest BCUT2D eigenvalue weighted by atomic mass is 10.0. The molecule has 0 radical (unpaired) electrons. The SMILES string of the molecule is NC(=O)CCC(NC(=O)C(Cc1ccc(O)cc1)NC(=O)C(CCCN=C(N)N)NC(=O)C(N)CO)C(=O)O. The quantitative estimate of drug-likeness (QED) is 0.0506. The van der Waals surface area contributed by atoms with Crippen LogP contribution >= 0.6 is 0 Å². The number of nitrogens with two attached hydrogens (primary N) is 4. The van der Waals surface area contributed by atoms with Crippen LogP contribution in [-0.4, -0.2) is 88.2 Å². The van der Waals surface area contributed by atoms with Crippen LogP contribution in [0.4, 0.5) is 0 Å². The number of aliphatic carboxylic acids is 1. The molecule has 1 rings (SSSR count). The molecule has 0 aliphatic carbocycles. The van der Waals surface area contributed by atoms with E-state index in [1.54, 1.807) is 0 Å². The highest BCUT2D eigenvalue weighted by atomic mass is 16.4. The zero-order valence-corrected chi connectivity index (χ0v) is 21.2. The Balaban J connectivity index is 3.17. The van der Waals surface area contributed by atoms with Crippen molar-refractivity contribution in [1.82, 2.24) is 16.0 Å². The number of phenolic OH excluding ortho intramolecular Hbond substituents is 1. The Bertz CT molecular complexity index is 1030. The summed E-state index contributed by atoms with van der Waals surface area (Å²) in [5.41, 5.74) is 21.7. The lowest BCUT2D eigenvalue weighted by Gasteiger charge is -2.25. The van der Waals surface area contributed by atoms with Crippen LogP contribution in [0.3, 0.4) is 0 Å². The number of guanidine groups is 1. The first-order valence-electron chi connectivity index (χ1n) is 12.0. The van der Waals surface area contributed by atoms with Crippen molar-refractivity contribution in [3.8, 4) is 5.75 Å². The Morgan fingerprint density at radius 3 is 1.95 bits per heavy atom. The van der Waals surface area contributed by atoms with Crippen LogP contribution in [0.15, 0.2) is 29.3 Å². The number of aliphatic hydroxyl groups is 1. The Morgan fingerprint density at radius 1 is 0.846 bits per heavy atom. The number of nitrogens with zero attached hydrogens (tertiary/aromatic N) is 1. The molecule has 0 saturated carbocycles. The van der Waals surface area contributed by atoms with Gasteiger partial charge >= 0.3 is 5.97 Å². The van der Waals surface area contributed by atoms with Gasteiger partial charge in [0.05, 0.1) is 6.61 Å². The van der Waals surface area contributed by atoms with Gasteiger partial charge in [0.25, 0.3) is 0 Å². The molecule has 4 unspecified atom stereocenters. The molecule has 39 heavy (non-hydrogen) atoms. The maximum atomic E-state index is 13.2. The maximum absolute atomic E-state index is 13.2. The molecule has 0 aromatic heterocycles. The van der Waals surface area contributed by atoms with Gasteiger partial charge in [-0.2, -0.15) is 0 Å². The number of rotatable bonds is 17. The number of nitrogens with one attached hydrogen (secondary N) is 3. The zero-order chi connectivity index (χ0) is 29.5. The average Bonchev–Trinajstić information content (AvgIpc) is 2.87. The summed E-state index contributed by atoms with van der Waals surface area (Å²) >= 11 is 0. The van der Waals surface area contributed by atoms with Gasteiger partial charge in [0.1, 0.15) is 29.9 Å². The minimum Gasteiger partial charge on any atom is -0.508 e. The molecule has 4 amide bonds. The van der Waals surface area contributed by atoms with Crippen molar-refractivity contribution in [1.29, 1.82) is 0 Å². The smallest absolute Gasteiger partial charge is 0.326 e. The number of hydrogen-bond acceptors (Lipinski definition) is 9. The number of aliphatic imine (C=N–C) groups is 1. The molecular formula is C23H36N8O8. The highest BCUT2D eigenvalue weighted by Crippen LogP contribution is 2.12. The van der Waals surface area contributed by atoms with Crippen LogP contribution in [0, 0.1) is 0 Å². The van der Waals surface area contributed by atoms with E-state index in [-0.39, 0.29) is 50.4 Å². The molecule has 0 fully saturated rings. The number of aromatic hydroxyl groups is 1. The third-order valence-corrected chi connectivity index (χ3v) is 5.41. The summed E-state index contributed by atoms with van der Waals surface area (Å²) in [5.74, 6) is -4.89. The van der Waals surface area contributed by atoms with Crippen molar-refractivity contribution in [2.75, 3.05) is 13.2 Å². The number of carbonyl (C=O) groups excluding carboxylic acids is 4. The number of primary amides is 1. The van der Waals surface area contributed by atoms with Gasteiger partial charge in [-0.1, -0.05) is 12.1 Å². The summed E-state index contributed by atoms with van der Waals surface area (Å²) in [6, 6.07) is 0.392. The number of benzene rings is 1. The molecule has 0 saturated heterocycles. The monoisotopic (exact) mass is 552 g/mol. The molecule has 216 valence electrons. The fourth-order valence-electron chi connectivity index (χ4n) is 3.30. The number of carboxylic acid groups (broad SMARTS) is 1. The number of amides is 4. The molecule has 0 spiro atoms. The minimum atomic E-state index is -1.47. The topological polar surface area (TPSA) is 299 Å². The average molecular weight is 553 g/mol. The fourth-order valence-corrected chi connectivity index (χ4v) is 3.30. The lowest BCUT2D eigenvalue weighted by molar-refractivity contribution is -0.142. The van der Waals surface area contributed by atoms with Gasteiger partial charge in [-0.25, -0.2) is 4.79 Å². The van der Waals surface area contributed by atoms with E-state index < -0.39 is 60.4 Å². The molecule has 4 atom stereocenters. The molecule has 16 heteroatoms. The second-order valence-corrected chi connectivity index (χ2v) is 8.64. The van der Waals surface area contributed by atoms with E-state index in [1.807, 2.05) is 0 Å². The number of aliphatic hydroxyl groups excluding tert-OH is 1. The summed E-state index contributed by atoms with van der Waals surface area (Å²) in [6.45, 7) is -0.548. The van der Waals surface area contributed by atoms with Crippen LogP contribution in [-0.2, 0) is 30.4 Å². The van der Waals surface area contributed by atoms with Crippen LogP contribution in [0.25, 0.3) is 0 Å². The van der Waals surface area contributed by atoms with Gasteiger partial charge in [-0.3, -0.25) is 24.2 Å². The number of carbonyl (C=O) groups is 5. The van der Waals surface area contributed by atoms with Crippen molar-refractivity contribution in [2.45, 2.75) is 56.3 Å². The van der Waals surface area contributed by atoms with E-state index in [1.165, 1.54) is 24.3 Å². The van der Waals surface area contributed by atoms with Gasteiger partial charge in [-0.05, 0) is 37.0 Å². The van der Waals surface area contributed by atoms with E-state index in [9.17, 15) is 34.2 Å². The minimum absolute atomic E-state index is 0.0242. The van der Waals surface area contributed by atoms with Crippen LogP contribution < -0.4 is 38.9 Å². The molecule has 0 aliphatic heterocycles. The number of hydrogen-bond donors (Lipinski definition) is 10. The normalized spacial score (nSPS) is 13.7. The summed E-state index contributed by atoms with van der Waals surface area (Å²) in [4.78, 5) is 65.1. The van der Waals surface area contributed by atoms with Crippen molar-refractivity contribution in [3.63, 3.8) is 0 Å². The molecule has 0 bridgehead atoms. The van der Waals surface area contributed by atoms with E-state index >= 15 is 0 Å². The first-order chi connectivity index (χ1) is 18.3. The third kappa shape index (κ3) is 12.6. The molecule has 0 heterocycles. The highest BCUT2D eigenvalue weighted by Gasteiger charge is 2.30. The second kappa shape index (κ2) is 16.4. The van der Waals surface area contributed by atoms with E-state index in [2.05, 4.69) is 20.9 Å². The standard InChI is InChI=1S/C23H36N8O8/c24-14(11-32)19(35)29-15(2-1-9-28-23(26)27)20(36)31-17(10-12-3-5-13(33)6-4-12)21(37)30-16(22(38)39)7-8-18(25)34/h3-6,14-17,32-33H,1-2,7-11,24H2,(H2,25,34)(H,29,35)(H,30,37)(H,31,36)(H,38,39)(H4,26,27,28). The molecule has 14 N–H and O–H groups in total. The van der Waals surface area contributed by atoms with Crippen molar-refractivity contribution in [2.24, 2.45) is 27.9 Å². The van der Waals surface area contributed by atoms with Crippen molar-refractivity contribution in [3.05, 3.63) is 29.8 Å². The Labute approximate surface area is 224 Å². The second-order valence-electron chi connectivity index (χ2n) is 8.64. The fraction of sp³-hybridized carbons (Fsp3) is 0.478. The summed E-state index contributed by atoms with van der Waals surface area (Å²) in [5, 5.41) is 35.3. The predicted octanol–water partition coefficient (Wildman–Crippen LogP) is -3.89. The molecule has 1 aromatic carbocycles. The Hall–Kier alpha value is -4.44. The van der Waals surface area contributed by atoms with Gasteiger partial charge in [-0.15, -0.1) is 0 Å². The first-order valence-corrected chi connectivity index (χ1v) is 12.0. The lowest BCUT2D eigenvalue weighted by Crippen LogP contribution is -2.58. The zero-order valence-electron chi connectivity index (χ0n) is 21.2. The largest absolute Gasteiger partial charge is 0.508 e. The Morgan fingerprint density at radius 2 is 1.41 bits per heavy atom. The number of phenols is 1. The number of carboxylic acids is 1. The molecular weight excluding hydrogens is 516 g/mol. The van der Waals surface area contributed by atoms with Gasteiger partial charge < -0.3 is 54.2 Å². The van der Waals surface area contributed by atoms with Gasteiger partial charge in [0, 0.05) is 19.4 Å². The van der Waals surface area contributed by atoms with Gasteiger partial charge in [0.15, 0.2) is 5.96 Å². The summed E-state index contributed by atoms with van der Waals surface area (Å²) in [7, 11) is 0.